The van der Waals surface area contributed by atoms with Gasteiger partial charge in [0, 0.05) is 24.5 Å². The maximum atomic E-state index is 12.1. The number of hydrogen-bond donors (Lipinski definition) is 0. The van der Waals surface area contributed by atoms with Crippen LogP contribution in [-0.2, 0) is 4.74 Å². The number of pyridine rings is 2. The van der Waals surface area contributed by atoms with E-state index in [1.807, 2.05) is 0 Å². The molecule has 0 bridgehead atoms. The molecule has 8 nitrogen and oxygen atoms in total. The lowest BCUT2D eigenvalue weighted by molar-refractivity contribution is -0.384. The first kappa shape index (κ1) is 18.0. The van der Waals surface area contributed by atoms with E-state index in [2.05, 4.69) is 9.97 Å². The molecular formula is C19H15N3O5. The first-order valence-electron chi connectivity index (χ1n) is 7.95. The molecule has 0 saturated heterocycles. The minimum atomic E-state index is -0.741. The normalized spacial score (nSPS) is 10.4. The number of hydrogen-bond acceptors (Lipinski definition) is 7. The van der Waals surface area contributed by atoms with E-state index in [1.165, 1.54) is 19.2 Å². The van der Waals surface area contributed by atoms with Gasteiger partial charge in [-0.3, -0.25) is 20.1 Å². The Morgan fingerprint density at radius 2 is 1.67 bits per heavy atom. The largest absolute Gasteiger partial charge is 0.477 e. The molecule has 0 unspecified atom stereocenters. The fourth-order valence-corrected chi connectivity index (χ4v) is 2.47. The van der Waals surface area contributed by atoms with Gasteiger partial charge in [-0.2, -0.15) is 0 Å². The van der Waals surface area contributed by atoms with E-state index in [9.17, 15) is 14.9 Å². The predicted octanol–water partition coefficient (Wildman–Crippen LogP) is 3.34. The van der Waals surface area contributed by atoms with Crippen LogP contribution in [0.3, 0.4) is 0 Å². The molecule has 0 saturated carbocycles. The van der Waals surface area contributed by atoms with Crippen molar-refractivity contribution in [3.63, 3.8) is 0 Å². The zero-order valence-electron chi connectivity index (χ0n) is 14.3. The minimum absolute atomic E-state index is 0.0523. The van der Waals surface area contributed by atoms with E-state index < -0.39 is 17.0 Å². The number of esters is 1. The van der Waals surface area contributed by atoms with Crippen LogP contribution < -0.4 is 4.74 Å². The molecule has 0 aliphatic rings. The number of nitro groups is 1. The van der Waals surface area contributed by atoms with Crippen LogP contribution in [0.5, 0.6) is 5.75 Å². The second kappa shape index (κ2) is 8.05. The summed E-state index contributed by atoms with van der Waals surface area (Å²) in [5.74, 6) is -0.608. The molecule has 0 aliphatic heterocycles. The standard InChI is InChI=1S/C19H15N3O5/c1-26-19(23)14-12-13(22(24)25)8-9-17(14)27-18(15-6-2-4-10-20-15)16-7-3-5-11-21-16/h2-12,18H,1H3. The highest BCUT2D eigenvalue weighted by Crippen LogP contribution is 2.31. The molecule has 8 heteroatoms. The molecule has 136 valence electrons. The van der Waals surface area contributed by atoms with Crippen LogP contribution in [0.1, 0.15) is 27.8 Å². The Morgan fingerprint density at radius 1 is 1.04 bits per heavy atom. The molecule has 0 spiro atoms. The van der Waals surface area contributed by atoms with Gasteiger partial charge in [-0.1, -0.05) is 12.1 Å². The molecular weight excluding hydrogens is 350 g/mol. The third kappa shape index (κ3) is 4.06. The summed E-state index contributed by atoms with van der Waals surface area (Å²) in [4.78, 5) is 31.2. The average Bonchev–Trinajstić information content (AvgIpc) is 2.72. The molecule has 3 rings (SSSR count). The highest BCUT2D eigenvalue weighted by molar-refractivity contribution is 5.93. The molecule has 2 aromatic heterocycles. The molecule has 0 N–H and O–H groups in total. The number of benzene rings is 1. The van der Waals surface area contributed by atoms with E-state index in [4.69, 9.17) is 9.47 Å². The van der Waals surface area contributed by atoms with Crippen LogP contribution in [0.4, 0.5) is 5.69 Å². The highest BCUT2D eigenvalue weighted by atomic mass is 16.6. The quantitative estimate of drug-likeness (QED) is 0.375. The van der Waals surface area contributed by atoms with Crippen LogP contribution in [0.25, 0.3) is 0 Å². The molecule has 0 radical (unpaired) electrons. The number of rotatable bonds is 6. The van der Waals surface area contributed by atoms with Crippen molar-refractivity contribution < 1.29 is 19.2 Å². The van der Waals surface area contributed by atoms with Crippen LogP contribution >= 0.6 is 0 Å². The van der Waals surface area contributed by atoms with Crippen molar-refractivity contribution in [2.45, 2.75) is 6.10 Å². The van der Waals surface area contributed by atoms with Crippen LogP contribution in [0.15, 0.2) is 67.0 Å². The zero-order valence-corrected chi connectivity index (χ0v) is 14.3. The van der Waals surface area contributed by atoms with Crippen molar-refractivity contribution in [3.05, 3.63) is 94.1 Å². The van der Waals surface area contributed by atoms with E-state index >= 15 is 0 Å². The van der Waals surface area contributed by atoms with Gasteiger partial charge in [0.1, 0.15) is 11.3 Å². The summed E-state index contributed by atoms with van der Waals surface area (Å²) in [5.41, 5.74) is 0.856. The lowest BCUT2D eigenvalue weighted by atomic mass is 10.1. The average molecular weight is 365 g/mol. The van der Waals surface area contributed by atoms with Crippen LogP contribution in [0.2, 0.25) is 0 Å². The molecule has 0 atom stereocenters. The van der Waals surface area contributed by atoms with Gasteiger partial charge in [-0.15, -0.1) is 0 Å². The summed E-state index contributed by atoms with van der Waals surface area (Å²) in [6, 6.07) is 14.4. The second-order valence-corrected chi connectivity index (χ2v) is 5.44. The summed E-state index contributed by atoms with van der Waals surface area (Å²) < 4.78 is 10.8. The summed E-state index contributed by atoms with van der Waals surface area (Å²) in [7, 11) is 1.19. The van der Waals surface area contributed by atoms with Gasteiger partial charge in [0.15, 0.2) is 6.10 Å². The molecule has 0 amide bonds. The van der Waals surface area contributed by atoms with E-state index in [0.29, 0.717) is 11.4 Å². The molecule has 27 heavy (non-hydrogen) atoms. The van der Waals surface area contributed by atoms with Gasteiger partial charge in [0.25, 0.3) is 5.69 Å². The fourth-order valence-electron chi connectivity index (χ4n) is 2.47. The monoisotopic (exact) mass is 365 g/mol. The number of carbonyl (C=O) groups is 1. The van der Waals surface area contributed by atoms with Gasteiger partial charge < -0.3 is 9.47 Å². The smallest absolute Gasteiger partial charge is 0.341 e. The summed E-state index contributed by atoms with van der Waals surface area (Å²) >= 11 is 0. The van der Waals surface area contributed by atoms with Crippen molar-refractivity contribution in [2.24, 2.45) is 0 Å². The Bertz CT molecular complexity index is 909. The number of ether oxygens (including phenoxy) is 2. The molecule has 2 heterocycles. The lowest BCUT2D eigenvalue weighted by Crippen LogP contribution is -2.15. The number of carbonyl (C=O) groups excluding carboxylic acids is 1. The summed E-state index contributed by atoms with van der Waals surface area (Å²) in [5, 5.41) is 11.0. The number of nitro benzene ring substituents is 1. The van der Waals surface area contributed by atoms with Gasteiger partial charge in [-0.05, 0) is 30.3 Å². The minimum Gasteiger partial charge on any atom is -0.477 e. The van der Waals surface area contributed by atoms with Gasteiger partial charge in [-0.25, -0.2) is 4.79 Å². The third-order valence-electron chi connectivity index (χ3n) is 3.74. The van der Waals surface area contributed by atoms with Crippen molar-refractivity contribution in [3.8, 4) is 5.75 Å². The number of aromatic nitrogens is 2. The van der Waals surface area contributed by atoms with Crippen LogP contribution in [0, 0.1) is 10.1 Å². The number of nitrogens with zero attached hydrogens (tertiary/aromatic N) is 3. The third-order valence-corrected chi connectivity index (χ3v) is 3.74. The topological polar surface area (TPSA) is 104 Å². The first-order valence-corrected chi connectivity index (χ1v) is 7.95. The SMILES string of the molecule is COC(=O)c1cc([N+](=O)[O-])ccc1OC(c1ccccn1)c1ccccn1. The van der Waals surface area contributed by atoms with Gasteiger partial charge >= 0.3 is 5.97 Å². The Morgan fingerprint density at radius 3 is 2.15 bits per heavy atom. The maximum Gasteiger partial charge on any atom is 0.341 e. The predicted molar refractivity (Wildman–Crippen MR) is 95.4 cm³/mol. The lowest BCUT2D eigenvalue weighted by Gasteiger charge is -2.19. The Balaban J connectivity index is 2.06. The van der Waals surface area contributed by atoms with E-state index in [0.717, 1.165) is 6.07 Å². The van der Waals surface area contributed by atoms with Crippen molar-refractivity contribution >= 4 is 11.7 Å². The maximum absolute atomic E-state index is 12.1. The van der Waals surface area contributed by atoms with Crippen molar-refractivity contribution in [1.29, 1.82) is 0 Å². The van der Waals surface area contributed by atoms with E-state index in [-0.39, 0.29) is 17.0 Å². The fraction of sp³-hybridized carbons (Fsp3) is 0.105. The molecule has 3 aromatic rings. The van der Waals surface area contributed by atoms with E-state index in [1.54, 1.807) is 48.8 Å². The zero-order chi connectivity index (χ0) is 19.2. The molecule has 1 aromatic carbocycles. The van der Waals surface area contributed by atoms with Crippen molar-refractivity contribution in [1.82, 2.24) is 9.97 Å². The summed E-state index contributed by atoms with van der Waals surface area (Å²) in [6.07, 6.45) is 2.52. The van der Waals surface area contributed by atoms with Gasteiger partial charge in [0.2, 0.25) is 0 Å². The Hall–Kier alpha value is -3.81. The number of methoxy groups -OCH3 is 1. The highest BCUT2D eigenvalue weighted by Gasteiger charge is 2.24. The summed E-state index contributed by atoms with van der Waals surface area (Å²) in [6.45, 7) is 0. The number of non-ortho nitro benzene ring substituents is 1. The van der Waals surface area contributed by atoms with Crippen LogP contribution in [-0.4, -0.2) is 28.0 Å². The molecule has 0 aliphatic carbocycles. The first-order chi connectivity index (χ1) is 13.1. The molecule has 0 fully saturated rings. The van der Waals surface area contributed by atoms with Crippen molar-refractivity contribution in [2.75, 3.05) is 7.11 Å². The Labute approximate surface area is 154 Å². The second-order valence-electron chi connectivity index (χ2n) is 5.44. The Kier molecular flexibility index (Phi) is 5.36. The van der Waals surface area contributed by atoms with Gasteiger partial charge in [0.05, 0.1) is 23.4 Å².